The molecule has 36 heavy (non-hydrogen) atoms. The van der Waals surface area contributed by atoms with Gasteiger partial charge < -0.3 is 24.8 Å². The summed E-state index contributed by atoms with van der Waals surface area (Å²) in [6.45, 7) is 2.11. The first-order valence-electron chi connectivity index (χ1n) is 11.4. The summed E-state index contributed by atoms with van der Waals surface area (Å²) in [6, 6.07) is 20.2. The summed E-state index contributed by atoms with van der Waals surface area (Å²) in [5.74, 6) is 1.57. The average Bonchev–Trinajstić information content (AvgIpc) is 2.90. The lowest BCUT2D eigenvalue weighted by Gasteiger charge is -2.15. The molecule has 2 N–H and O–H groups in total. The van der Waals surface area contributed by atoms with E-state index in [2.05, 4.69) is 10.6 Å². The van der Waals surface area contributed by atoms with Gasteiger partial charge >= 0.3 is 0 Å². The Hall–Kier alpha value is -4.46. The number of anilines is 2. The van der Waals surface area contributed by atoms with Gasteiger partial charge in [0, 0.05) is 34.9 Å². The first-order valence-corrected chi connectivity index (χ1v) is 11.4. The molecule has 0 atom stereocenters. The molecule has 1 amide bonds. The quantitative estimate of drug-likeness (QED) is 0.359. The summed E-state index contributed by atoms with van der Waals surface area (Å²) < 4.78 is 17.5. The van der Waals surface area contributed by atoms with Crippen LogP contribution in [0.15, 0.2) is 71.5 Å². The Balaban J connectivity index is 1.65. The van der Waals surface area contributed by atoms with Crippen molar-refractivity contribution in [2.45, 2.75) is 20.0 Å². The molecule has 0 saturated carbocycles. The van der Waals surface area contributed by atoms with Gasteiger partial charge in [0.15, 0.2) is 11.5 Å². The Labute approximate surface area is 209 Å². The van der Waals surface area contributed by atoms with Crippen LogP contribution in [-0.4, -0.2) is 31.8 Å². The number of carbonyl (C=O) groups is 1. The molecular formula is C28H29N3O5. The number of fused-ring (bicyclic) bond motifs is 1. The van der Waals surface area contributed by atoms with E-state index < -0.39 is 0 Å². The highest BCUT2D eigenvalue weighted by Gasteiger charge is 2.14. The van der Waals surface area contributed by atoms with Crippen LogP contribution in [-0.2, 0) is 17.9 Å². The lowest BCUT2D eigenvalue weighted by Crippen LogP contribution is -2.30. The Morgan fingerprint density at radius 1 is 0.833 bits per heavy atom. The second-order valence-electron chi connectivity index (χ2n) is 8.32. The minimum absolute atomic E-state index is 0.125. The minimum atomic E-state index is -0.289. The van der Waals surface area contributed by atoms with Crippen molar-refractivity contribution >= 4 is 28.2 Å². The van der Waals surface area contributed by atoms with Crippen molar-refractivity contribution in [3.8, 4) is 17.2 Å². The first-order chi connectivity index (χ1) is 17.4. The Bertz CT molecular complexity index is 1440. The van der Waals surface area contributed by atoms with E-state index in [1.165, 1.54) is 4.57 Å². The maximum atomic E-state index is 13.5. The van der Waals surface area contributed by atoms with Gasteiger partial charge in [0.05, 0.1) is 26.8 Å². The molecule has 8 heteroatoms. The number of amides is 1. The van der Waals surface area contributed by atoms with E-state index in [1.54, 1.807) is 45.6 Å². The highest BCUT2D eigenvalue weighted by molar-refractivity contribution is 5.92. The van der Waals surface area contributed by atoms with E-state index in [0.717, 1.165) is 16.6 Å². The monoisotopic (exact) mass is 487 g/mol. The number of hydrogen-bond donors (Lipinski definition) is 2. The van der Waals surface area contributed by atoms with Crippen LogP contribution in [0.1, 0.15) is 11.1 Å². The van der Waals surface area contributed by atoms with Crippen molar-refractivity contribution in [1.82, 2.24) is 4.57 Å². The predicted molar refractivity (Wildman–Crippen MR) is 141 cm³/mol. The van der Waals surface area contributed by atoms with Crippen LogP contribution >= 0.6 is 0 Å². The normalized spacial score (nSPS) is 10.7. The number of nitrogens with one attached hydrogen (secondary N) is 2. The summed E-state index contributed by atoms with van der Waals surface area (Å²) in [7, 11) is 4.73. The molecule has 4 aromatic rings. The summed E-state index contributed by atoms with van der Waals surface area (Å²) in [5.41, 5.74) is 3.44. The third-order valence-corrected chi connectivity index (χ3v) is 5.88. The highest BCUT2D eigenvalue weighted by Crippen LogP contribution is 2.30. The molecule has 0 fully saturated rings. The molecule has 4 rings (SSSR count). The molecule has 1 aromatic heterocycles. The number of rotatable bonds is 9. The SMILES string of the molecule is COc1ccc2c(c1)cc(CNc1ccc(OC)c(OC)c1)c(=O)n2CC(=O)Nc1ccc(C)cc1. The van der Waals surface area contributed by atoms with E-state index in [1.807, 2.05) is 49.4 Å². The number of nitrogens with zero attached hydrogens (tertiary/aromatic N) is 1. The summed E-state index contributed by atoms with van der Waals surface area (Å²) >= 11 is 0. The van der Waals surface area contributed by atoms with Gasteiger partial charge in [-0.2, -0.15) is 0 Å². The summed E-state index contributed by atoms with van der Waals surface area (Å²) in [5, 5.41) is 6.93. The molecule has 8 nitrogen and oxygen atoms in total. The molecule has 0 aliphatic heterocycles. The third-order valence-electron chi connectivity index (χ3n) is 5.88. The number of ether oxygens (including phenoxy) is 3. The van der Waals surface area contributed by atoms with Gasteiger partial charge in [-0.15, -0.1) is 0 Å². The smallest absolute Gasteiger partial charge is 0.256 e. The topological polar surface area (TPSA) is 90.8 Å². The number of pyridine rings is 1. The standard InChI is InChI=1S/C28H29N3O5/c1-18-5-7-21(8-6-18)30-27(32)17-31-24-11-10-23(34-2)14-19(24)13-20(28(31)33)16-29-22-9-12-25(35-3)26(15-22)36-4/h5-15,29H,16-17H2,1-4H3,(H,30,32). The summed E-state index contributed by atoms with van der Waals surface area (Å²) in [4.78, 5) is 26.4. The van der Waals surface area contributed by atoms with Crippen LogP contribution < -0.4 is 30.4 Å². The van der Waals surface area contributed by atoms with Crippen molar-refractivity contribution in [1.29, 1.82) is 0 Å². The molecule has 0 radical (unpaired) electrons. The van der Waals surface area contributed by atoms with E-state index in [4.69, 9.17) is 14.2 Å². The number of benzene rings is 3. The van der Waals surface area contributed by atoms with Gasteiger partial charge in [-0.3, -0.25) is 14.2 Å². The van der Waals surface area contributed by atoms with Crippen LogP contribution in [0.25, 0.3) is 10.9 Å². The predicted octanol–water partition coefficient (Wildman–Crippen LogP) is 4.59. The maximum Gasteiger partial charge on any atom is 0.256 e. The van der Waals surface area contributed by atoms with E-state index in [9.17, 15) is 9.59 Å². The molecule has 0 spiro atoms. The lowest BCUT2D eigenvalue weighted by molar-refractivity contribution is -0.116. The fourth-order valence-electron chi connectivity index (χ4n) is 3.96. The molecule has 0 aliphatic rings. The highest BCUT2D eigenvalue weighted by atomic mass is 16.5. The van der Waals surface area contributed by atoms with E-state index >= 15 is 0 Å². The molecule has 0 bridgehead atoms. The van der Waals surface area contributed by atoms with Gasteiger partial charge in [-0.1, -0.05) is 17.7 Å². The zero-order valence-electron chi connectivity index (χ0n) is 20.8. The number of methoxy groups -OCH3 is 3. The lowest BCUT2D eigenvalue weighted by atomic mass is 10.1. The molecule has 0 aliphatic carbocycles. The number of aromatic nitrogens is 1. The Morgan fingerprint density at radius 3 is 2.25 bits per heavy atom. The third kappa shape index (κ3) is 5.43. The van der Waals surface area contributed by atoms with Gasteiger partial charge in [-0.05, 0) is 55.5 Å². The molecule has 0 unspecified atom stereocenters. The van der Waals surface area contributed by atoms with Crippen molar-refractivity contribution < 1.29 is 19.0 Å². The zero-order chi connectivity index (χ0) is 25.7. The van der Waals surface area contributed by atoms with Crippen LogP contribution in [0, 0.1) is 6.92 Å². The average molecular weight is 488 g/mol. The molecule has 3 aromatic carbocycles. The van der Waals surface area contributed by atoms with Gasteiger partial charge in [0.1, 0.15) is 12.3 Å². The Morgan fingerprint density at radius 2 is 1.56 bits per heavy atom. The van der Waals surface area contributed by atoms with Crippen LogP contribution in [0.4, 0.5) is 11.4 Å². The van der Waals surface area contributed by atoms with Crippen LogP contribution in [0.2, 0.25) is 0 Å². The number of carbonyl (C=O) groups excluding carboxylic acids is 1. The number of aryl methyl sites for hydroxylation is 1. The summed E-state index contributed by atoms with van der Waals surface area (Å²) in [6.07, 6.45) is 0. The molecule has 1 heterocycles. The fraction of sp³-hybridized carbons (Fsp3) is 0.214. The molecule has 0 saturated heterocycles. The van der Waals surface area contributed by atoms with Crippen molar-refractivity contribution in [2.24, 2.45) is 0 Å². The second-order valence-corrected chi connectivity index (χ2v) is 8.32. The van der Waals surface area contributed by atoms with Crippen molar-refractivity contribution in [2.75, 3.05) is 32.0 Å². The first kappa shape index (κ1) is 24.7. The van der Waals surface area contributed by atoms with E-state index in [0.29, 0.717) is 34.0 Å². The van der Waals surface area contributed by atoms with Crippen LogP contribution in [0.5, 0.6) is 17.2 Å². The maximum absolute atomic E-state index is 13.5. The van der Waals surface area contributed by atoms with Gasteiger partial charge in [0.2, 0.25) is 5.91 Å². The largest absolute Gasteiger partial charge is 0.497 e. The van der Waals surface area contributed by atoms with Gasteiger partial charge in [-0.25, -0.2) is 0 Å². The van der Waals surface area contributed by atoms with Crippen molar-refractivity contribution in [3.05, 3.63) is 88.2 Å². The number of hydrogen-bond acceptors (Lipinski definition) is 6. The van der Waals surface area contributed by atoms with Gasteiger partial charge in [0.25, 0.3) is 5.56 Å². The zero-order valence-corrected chi connectivity index (χ0v) is 20.8. The Kier molecular flexibility index (Phi) is 7.44. The minimum Gasteiger partial charge on any atom is -0.497 e. The van der Waals surface area contributed by atoms with E-state index in [-0.39, 0.29) is 24.6 Å². The molecule has 186 valence electrons. The van der Waals surface area contributed by atoms with Crippen LogP contribution in [0.3, 0.4) is 0 Å². The van der Waals surface area contributed by atoms with Crippen molar-refractivity contribution in [3.63, 3.8) is 0 Å². The fourth-order valence-corrected chi connectivity index (χ4v) is 3.96. The molecular weight excluding hydrogens is 458 g/mol. The second kappa shape index (κ2) is 10.9.